The largest absolute Gasteiger partial charge is 0.0654 e. The molecule has 0 heterocycles. The molecule has 2 rings (SSSR count). The zero-order valence-electron chi connectivity index (χ0n) is 12.3. The molecule has 1 aromatic carbocycles. The summed E-state index contributed by atoms with van der Waals surface area (Å²) in [6, 6.07) is 9.38. The first kappa shape index (κ1) is 13.6. The molecule has 0 aliphatic heterocycles. The molecule has 3 atom stereocenters. The Labute approximate surface area is 113 Å². The average molecular weight is 244 g/mol. The Morgan fingerprint density at radius 2 is 1.78 bits per heavy atom. The lowest BCUT2D eigenvalue weighted by Gasteiger charge is -2.34. The quantitative estimate of drug-likeness (QED) is 0.649. The molecule has 1 aliphatic carbocycles. The summed E-state index contributed by atoms with van der Waals surface area (Å²) < 4.78 is 0. The van der Waals surface area contributed by atoms with Crippen LogP contribution in [0.1, 0.15) is 69.9 Å². The van der Waals surface area contributed by atoms with E-state index in [2.05, 4.69) is 45.0 Å². The predicted molar refractivity (Wildman–Crippen MR) is 80.0 cm³/mol. The van der Waals surface area contributed by atoms with Gasteiger partial charge in [0.2, 0.25) is 0 Å². The molecule has 0 bridgehead atoms. The van der Waals surface area contributed by atoms with E-state index in [1.807, 2.05) is 0 Å². The van der Waals surface area contributed by atoms with Gasteiger partial charge >= 0.3 is 0 Å². The maximum absolute atomic E-state index is 2.47. The van der Waals surface area contributed by atoms with E-state index in [0.29, 0.717) is 0 Å². The van der Waals surface area contributed by atoms with Crippen LogP contribution in [0.4, 0.5) is 0 Å². The lowest BCUT2D eigenvalue weighted by Crippen LogP contribution is -2.21. The van der Waals surface area contributed by atoms with Crippen LogP contribution in [0.2, 0.25) is 0 Å². The minimum atomic E-state index is 0.819. The standard InChI is InChI=1S/C18H28/c1-4-6-16-11-12-18(13-14(16)3)17-9-7-15(5-2)8-10-17/h7-10,14,16,18H,4-6,11-13H2,1-3H3. The van der Waals surface area contributed by atoms with Crippen LogP contribution in [-0.2, 0) is 6.42 Å². The van der Waals surface area contributed by atoms with Gasteiger partial charge in [0, 0.05) is 0 Å². The van der Waals surface area contributed by atoms with E-state index in [1.54, 1.807) is 5.56 Å². The summed E-state index contributed by atoms with van der Waals surface area (Å²) in [4.78, 5) is 0. The van der Waals surface area contributed by atoms with Gasteiger partial charge in [-0.05, 0) is 54.6 Å². The van der Waals surface area contributed by atoms with Crippen molar-refractivity contribution < 1.29 is 0 Å². The monoisotopic (exact) mass is 244 g/mol. The van der Waals surface area contributed by atoms with Crippen molar-refractivity contribution in [3.8, 4) is 0 Å². The minimum absolute atomic E-state index is 0.819. The molecule has 0 saturated heterocycles. The van der Waals surface area contributed by atoms with Crippen LogP contribution in [-0.4, -0.2) is 0 Å². The fraction of sp³-hybridized carbons (Fsp3) is 0.667. The molecule has 1 saturated carbocycles. The second-order valence-corrected chi connectivity index (χ2v) is 6.13. The van der Waals surface area contributed by atoms with Gasteiger partial charge in [-0.3, -0.25) is 0 Å². The molecule has 1 aromatic rings. The molecule has 0 aromatic heterocycles. The topological polar surface area (TPSA) is 0 Å². The molecule has 3 unspecified atom stereocenters. The fourth-order valence-corrected chi connectivity index (χ4v) is 3.59. The van der Waals surface area contributed by atoms with Gasteiger partial charge in [-0.2, -0.15) is 0 Å². The van der Waals surface area contributed by atoms with Gasteiger partial charge < -0.3 is 0 Å². The molecular weight excluding hydrogens is 216 g/mol. The van der Waals surface area contributed by atoms with Crippen molar-refractivity contribution in [1.29, 1.82) is 0 Å². The van der Waals surface area contributed by atoms with E-state index in [9.17, 15) is 0 Å². The van der Waals surface area contributed by atoms with Crippen LogP contribution in [0.25, 0.3) is 0 Å². The highest BCUT2D eigenvalue weighted by atomic mass is 14.3. The first-order valence-corrected chi connectivity index (χ1v) is 7.83. The second-order valence-electron chi connectivity index (χ2n) is 6.13. The third-order valence-corrected chi connectivity index (χ3v) is 4.87. The SMILES string of the molecule is CCCC1CCC(c2ccc(CC)cc2)CC1C. The third-order valence-electron chi connectivity index (χ3n) is 4.87. The van der Waals surface area contributed by atoms with Gasteiger partial charge in [-0.25, -0.2) is 0 Å². The van der Waals surface area contributed by atoms with E-state index in [0.717, 1.165) is 24.2 Å². The smallest absolute Gasteiger partial charge is 0.0159 e. The highest BCUT2D eigenvalue weighted by Crippen LogP contribution is 2.41. The second kappa shape index (κ2) is 6.41. The molecule has 0 heteroatoms. The normalized spacial score (nSPS) is 28.3. The molecule has 1 fully saturated rings. The van der Waals surface area contributed by atoms with Gasteiger partial charge in [0.25, 0.3) is 0 Å². The lowest BCUT2D eigenvalue weighted by molar-refractivity contribution is 0.218. The Morgan fingerprint density at radius 3 is 2.33 bits per heavy atom. The van der Waals surface area contributed by atoms with Crippen molar-refractivity contribution in [2.24, 2.45) is 11.8 Å². The summed E-state index contributed by atoms with van der Waals surface area (Å²) >= 11 is 0. The van der Waals surface area contributed by atoms with Crippen molar-refractivity contribution in [1.82, 2.24) is 0 Å². The van der Waals surface area contributed by atoms with Crippen molar-refractivity contribution in [3.05, 3.63) is 35.4 Å². The summed E-state index contributed by atoms with van der Waals surface area (Å²) in [5, 5.41) is 0. The van der Waals surface area contributed by atoms with E-state index >= 15 is 0 Å². The van der Waals surface area contributed by atoms with E-state index in [-0.39, 0.29) is 0 Å². The molecule has 0 nitrogen and oxygen atoms in total. The number of rotatable bonds is 4. The Balaban J connectivity index is 1.98. The van der Waals surface area contributed by atoms with Crippen molar-refractivity contribution in [3.63, 3.8) is 0 Å². The maximum atomic E-state index is 2.47. The lowest BCUT2D eigenvalue weighted by atomic mass is 9.71. The van der Waals surface area contributed by atoms with Crippen LogP contribution < -0.4 is 0 Å². The minimum Gasteiger partial charge on any atom is -0.0654 e. The van der Waals surface area contributed by atoms with Crippen LogP contribution in [0.3, 0.4) is 0 Å². The van der Waals surface area contributed by atoms with Crippen LogP contribution in [0, 0.1) is 11.8 Å². The molecule has 1 aliphatic rings. The summed E-state index contributed by atoms with van der Waals surface area (Å²) in [7, 11) is 0. The van der Waals surface area contributed by atoms with E-state index in [4.69, 9.17) is 0 Å². The van der Waals surface area contributed by atoms with Crippen LogP contribution in [0.5, 0.6) is 0 Å². The first-order chi connectivity index (χ1) is 8.74. The Morgan fingerprint density at radius 1 is 1.06 bits per heavy atom. The summed E-state index contributed by atoms with van der Waals surface area (Å²) in [6.07, 6.45) is 8.18. The molecule has 0 spiro atoms. The zero-order valence-corrected chi connectivity index (χ0v) is 12.3. The van der Waals surface area contributed by atoms with Gasteiger partial charge in [0.15, 0.2) is 0 Å². The van der Waals surface area contributed by atoms with Crippen LogP contribution in [0.15, 0.2) is 24.3 Å². The number of aryl methyl sites for hydroxylation is 1. The summed E-state index contributed by atoms with van der Waals surface area (Å²) in [6.45, 7) is 7.02. The number of hydrogen-bond donors (Lipinski definition) is 0. The fourth-order valence-electron chi connectivity index (χ4n) is 3.59. The van der Waals surface area contributed by atoms with Gasteiger partial charge in [-0.15, -0.1) is 0 Å². The number of hydrogen-bond acceptors (Lipinski definition) is 0. The van der Waals surface area contributed by atoms with Gasteiger partial charge in [0.1, 0.15) is 0 Å². The summed E-state index contributed by atoms with van der Waals surface area (Å²) in [5.74, 6) is 2.72. The Hall–Kier alpha value is -0.780. The Bertz CT molecular complexity index is 349. The molecule has 0 radical (unpaired) electrons. The molecule has 0 N–H and O–H groups in total. The third kappa shape index (κ3) is 3.16. The van der Waals surface area contributed by atoms with Crippen molar-refractivity contribution in [2.45, 2.75) is 65.2 Å². The highest BCUT2D eigenvalue weighted by molar-refractivity contribution is 5.25. The van der Waals surface area contributed by atoms with Crippen molar-refractivity contribution >= 4 is 0 Å². The zero-order chi connectivity index (χ0) is 13.0. The average Bonchev–Trinajstić information content (AvgIpc) is 2.41. The predicted octanol–water partition coefficient (Wildman–Crippen LogP) is 5.57. The molecule has 18 heavy (non-hydrogen) atoms. The van der Waals surface area contributed by atoms with E-state index < -0.39 is 0 Å². The molecule has 100 valence electrons. The highest BCUT2D eigenvalue weighted by Gasteiger charge is 2.27. The molecular formula is C18H28. The molecule has 0 amide bonds. The van der Waals surface area contributed by atoms with Crippen molar-refractivity contribution in [2.75, 3.05) is 0 Å². The van der Waals surface area contributed by atoms with Gasteiger partial charge in [-0.1, -0.05) is 57.9 Å². The first-order valence-electron chi connectivity index (χ1n) is 7.83. The number of benzene rings is 1. The maximum Gasteiger partial charge on any atom is -0.0159 e. The van der Waals surface area contributed by atoms with Gasteiger partial charge in [0.05, 0.1) is 0 Å². The summed E-state index contributed by atoms with van der Waals surface area (Å²) in [5.41, 5.74) is 3.04. The van der Waals surface area contributed by atoms with E-state index in [1.165, 1.54) is 37.7 Å². The Kier molecular flexibility index (Phi) is 4.86. The van der Waals surface area contributed by atoms with Crippen LogP contribution >= 0.6 is 0 Å².